The molecular formula is C27H29Cl2N3O5S. The van der Waals surface area contributed by atoms with Gasteiger partial charge in [-0.05, 0) is 55.8 Å². The minimum absolute atomic E-state index is 0.000821. The summed E-state index contributed by atoms with van der Waals surface area (Å²) in [6.07, 6.45) is 0. The topological polar surface area (TPSA) is 96.0 Å². The van der Waals surface area contributed by atoms with E-state index in [0.717, 1.165) is 4.31 Å². The van der Waals surface area contributed by atoms with Gasteiger partial charge in [0.2, 0.25) is 11.8 Å². The quantitative estimate of drug-likeness (QED) is 0.354. The third-order valence-corrected chi connectivity index (χ3v) is 8.33. The van der Waals surface area contributed by atoms with Crippen LogP contribution in [0, 0.1) is 0 Å². The van der Waals surface area contributed by atoms with Crippen LogP contribution in [-0.4, -0.2) is 51.4 Å². The molecule has 0 radical (unpaired) electrons. The molecule has 202 valence electrons. The molecule has 3 aromatic rings. The number of likely N-dealkylation sites (N-methyl/N-ethyl adjacent to an activating group) is 1. The van der Waals surface area contributed by atoms with Crippen molar-refractivity contribution in [1.29, 1.82) is 0 Å². The molecule has 11 heteroatoms. The van der Waals surface area contributed by atoms with Crippen molar-refractivity contribution in [2.75, 3.05) is 24.5 Å². The normalized spacial score (nSPS) is 11.9. The van der Waals surface area contributed by atoms with E-state index in [0.29, 0.717) is 22.2 Å². The van der Waals surface area contributed by atoms with E-state index in [4.69, 9.17) is 27.9 Å². The van der Waals surface area contributed by atoms with Gasteiger partial charge in [-0.15, -0.1) is 0 Å². The van der Waals surface area contributed by atoms with Crippen molar-refractivity contribution < 1.29 is 22.7 Å². The number of nitrogens with one attached hydrogen (secondary N) is 1. The van der Waals surface area contributed by atoms with Crippen LogP contribution in [0.2, 0.25) is 10.0 Å². The third-order valence-electron chi connectivity index (χ3n) is 5.82. The zero-order chi connectivity index (χ0) is 27.9. The van der Waals surface area contributed by atoms with Gasteiger partial charge >= 0.3 is 0 Å². The minimum atomic E-state index is -4.19. The van der Waals surface area contributed by atoms with Gasteiger partial charge in [0.05, 0.1) is 27.7 Å². The standard InChI is InChI=1S/C27H29Cl2N3O5S/c1-4-30-27(34)19(2)31(17-20-14-15-22(28)23(29)16-20)26(33)18-32(24-12-8-9-13-25(24)37-3)38(35,36)21-10-6-5-7-11-21/h5-16,19H,4,17-18H2,1-3H3,(H,30,34). The van der Waals surface area contributed by atoms with Gasteiger partial charge in [0.25, 0.3) is 10.0 Å². The fourth-order valence-corrected chi connectivity index (χ4v) is 5.57. The number of para-hydroxylation sites is 2. The summed E-state index contributed by atoms with van der Waals surface area (Å²) in [4.78, 5) is 27.9. The Bertz CT molecular complexity index is 1390. The van der Waals surface area contributed by atoms with E-state index < -0.39 is 28.5 Å². The van der Waals surface area contributed by atoms with Crippen molar-refractivity contribution in [3.63, 3.8) is 0 Å². The number of anilines is 1. The van der Waals surface area contributed by atoms with Crippen LogP contribution < -0.4 is 14.4 Å². The van der Waals surface area contributed by atoms with E-state index in [1.54, 1.807) is 74.5 Å². The molecule has 0 aliphatic rings. The first-order valence-electron chi connectivity index (χ1n) is 11.8. The second kappa shape index (κ2) is 13.0. The first kappa shape index (κ1) is 29.3. The lowest BCUT2D eigenvalue weighted by atomic mass is 10.1. The Morgan fingerprint density at radius 1 is 0.974 bits per heavy atom. The number of halogens is 2. The van der Waals surface area contributed by atoms with Gasteiger partial charge in [-0.1, -0.05) is 59.6 Å². The molecule has 0 heterocycles. The molecule has 3 aromatic carbocycles. The van der Waals surface area contributed by atoms with E-state index >= 15 is 0 Å². The molecule has 0 saturated heterocycles. The Labute approximate surface area is 233 Å². The number of hydrogen-bond acceptors (Lipinski definition) is 5. The summed E-state index contributed by atoms with van der Waals surface area (Å²) in [5.74, 6) is -0.705. The molecule has 0 saturated carbocycles. The summed E-state index contributed by atoms with van der Waals surface area (Å²) in [5.41, 5.74) is 0.811. The molecule has 2 amide bonds. The number of amides is 2. The molecule has 38 heavy (non-hydrogen) atoms. The first-order chi connectivity index (χ1) is 18.1. The van der Waals surface area contributed by atoms with Crippen molar-refractivity contribution in [3.05, 3.63) is 88.4 Å². The highest BCUT2D eigenvalue weighted by Gasteiger charge is 2.33. The van der Waals surface area contributed by atoms with Gasteiger partial charge < -0.3 is 15.0 Å². The summed E-state index contributed by atoms with van der Waals surface area (Å²) in [7, 11) is -2.77. The number of benzene rings is 3. The van der Waals surface area contributed by atoms with Crippen molar-refractivity contribution in [2.24, 2.45) is 0 Å². The smallest absolute Gasteiger partial charge is 0.264 e. The lowest BCUT2D eigenvalue weighted by molar-refractivity contribution is -0.139. The summed E-state index contributed by atoms with van der Waals surface area (Å²) in [6.45, 7) is 3.14. The van der Waals surface area contributed by atoms with E-state index in [9.17, 15) is 18.0 Å². The van der Waals surface area contributed by atoms with Crippen molar-refractivity contribution in [1.82, 2.24) is 10.2 Å². The van der Waals surface area contributed by atoms with Crippen LogP contribution in [0.1, 0.15) is 19.4 Å². The van der Waals surface area contributed by atoms with Crippen LogP contribution in [0.5, 0.6) is 5.75 Å². The van der Waals surface area contributed by atoms with Gasteiger partial charge in [0.1, 0.15) is 18.3 Å². The van der Waals surface area contributed by atoms with E-state index in [2.05, 4.69) is 5.32 Å². The molecule has 0 fully saturated rings. The number of methoxy groups -OCH3 is 1. The molecule has 1 atom stereocenters. The first-order valence-corrected chi connectivity index (χ1v) is 14.0. The van der Waals surface area contributed by atoms with Crippen LogP contribution in [0.15, 0.2) is 77.7 Å². The summed E-state index contributed by atoms with van der Waals surface area (Å²) >= 11 is 12.2. The Hall–Kier alpha value is -3.27. The number of rotatable bonds is 11. The number of ether oxygens (including phenoxy) is 1. The van der Waals surface area contributed by atoms with Crippen LogP contribution >= 0.6 is 23.2 Å². The fraction of sp³-hybridized carbons (Fsp3) is 0.259. The highest BCUT2D eigenvalue weighted by atomic mass is 35.5. The van der Waals surface area contributed by atoms with Crippen LogP contribution in [0.4, 0.5) is 5.69 Å². The average molecular weight is 579 g/mol. The molecule has 1 N–H and O–H groups in total. The fourth-order valence-electron chi connectivity index (χ4n) is 3.81. The van der Waals surface area contributed by atoms with Gasteiger partial charge in [-0.3, -0.25) is 13.9 Å². The monoisotopic (exact) mass is 577 g/mol. The number of carbonyl (C=O) groups is 2. The Balaban J connectivity index is 2.06. The number of carbonyl (C=O) groups excluding carboxylic acids is 2. The highest BCUT2D eigenvalue weighted by Crippen LogP contribution is 2.32. The van der Waals surface area contributed by atoms with Crippen LogP contribution in [0.25, 0.3) is 0 Å². The second-order valence-electron chi connectivity index (χ2n) is 8.34. The lowest BCUT2D eigenvalue weighted by Gasteiger charge is -2.32. The molecule has 3 rings (SSSR count). The number of sulfonamides is 1. The maximum absolute atomic E-state index is 13.9. The molecule has 0 bridgehead atoms. The zero-order valence-electron chi connectivity index (χ0n) is 21.2. The molecular weight excluding hydrogens is 549 g/mol. The van der Waals surface area contributed by atoms with E-state index in [1.807, 2.05) is 0 Å². The van der Waals surface area contributed by atoms with Gasteiger partial charge in [0, 0.05) is 13.1 Å². The summed E-state index contributed by atoms with van der Waals surface area (Å²) in [5, 5.41) is 3.36. The largest absolute Gasteiger partial charge is 0.495 e. The molecule has 0 aliphatic carbocycles. The van der Waals surface area contributed by atoms with Crippen molar-refractivity contribution in [2.45, 2.75) is 31.3 Å². The average Bonchev–Trinajstić information content (AvgIpc) is 2.92. The number of nitrogens with zero attached hydrogens (tertiary/aromatic N) is 2. The Morgan fingerprint density at radius 3 is 2.26 bits per heavy atom. The molecule has 8 nitrogen and oxygen atoms in total. The summed E-state index contributed by atoms with van der Waals surface area (Å²) < 4.78 is 34.0. The van der Waals surface area contributed by atoms with Crippen LogP contribution in [0.3, 0.4) is 0 Å². The van der Waals surface area contributed by atoms with Gasteiger partial charge in [-0.2, -0.15) is 0 Å². The van der Waals surface area contributed by atoms with Crippen molar-refractivity contribution >= 4 is 50.7 Å². The SMILES string of the molecule is CCNC(=O)C(C)N(Cc1ccc(Cl)c(Cl)c1)C(=O)CN(c1ccccc1OC)S(=O)(=O)c1ccccc1. The highest BCUT2D eigenvalue weighted by molar-refractivity contribution is 7.92. The van der Waals surface area contributed by atoms with Gasteiger partial charge in [0.15, 0.2) is 0 Å². The number of hydrogen-bond donors (Lipinski definition) is 1. The molecule has 0 aliphatic heterocycles. The summed E-state index contributed by atoms with van der Waals surface area (Å²) in [6, 6.07) is 18.3. The third kappa shape index (κ3) is 6.78. The Kier molecular flexibility index (Phi) is 10.0. The predicted octanol–water partition coefficient (Wildman–Crippen LogP) is 4.75. The minimum Gasteiger partial charge on any atom is -0.495 e. The van der Waals surface area contributed by atoms with E-state index in [1.165, 1.54) is 24.1 Å². The van der Waals surface area contributed by atoms with Crippen LogP contribution in [-0.2, 0) is 26.2 Å². The zero-order valence-corrected chi connectivity index (χ0v) is 23.6. The molecule has 1 unspecified atom stereocenters. The Morgan fingerprint density at radius 2 is 1.63 bits per heavy atom. The molecule has 0 spiro atoms. The molecule has 0 aromatic heterocycles. The lowest BCUT2D eigenvalue weighted by Crippen LogP contribution is -2.51. The predicted molar refractivity (Wildman–Crippen MR) is 149 cm³/mol. The maximum atomic E-state index is 13.9. The second-order valence-corrected chi connectivity index (χ2v) is 11.0. The van der Waals surface area contributed by atoms with E-state index in [-0.39, 0.29) is 28.8 Å². The van der Waals surface area contributed by atoms with Crippen molar-refractivity contribution in [3.8, 4) is 5.75 Å². The van der Waals surface area contributed by atoms with Gasteiger partial charge in [-0.25, -0.2) is 8.42 Å². The maximum Gasteiger partial charge on any atom is 0.264 e.